The average molecular weight is 605 g/mol. The number of aliphatic hydroxyl groups is 2. The topological polar surface area (TPSA) is 183 Å². The standard InChI is InChI=1S/C32H36N4O8/c1-20(2)14-26(28(38)32(18-37)19-44-32)34-31(41)27(17-33-29(39)24-12-7-13-25(16-24)36(42)43)35-30(40)23-11-6-10-22(15-23)21-8-4-3-5-9-21/h3-13,15-16,20,26-27,29,33,37,39H,14,17-19H2,1-2H3,(H,34,41)(H,35,40)/t26?,27-,29?,32?/m0/s1. The van der Waals surface area contributed by atoms with Crippen molar-refractivity contribution in [1.29, 1.82) is 0 Å². The number of non-ortho nitro benzene ring substituents is 1. The average Bonchev–Trinajstić information content (AvgIpc) is 3.83. The van der Waals surface area contributed by atoms with E-state index in [4.69, 9.17) is 4.74 Å². The van der Waals surface area contributed by atoms with Crippen molar-refractivity contribution in [2.45, 2.75) is 44.2 Å². The summed E-state index contributed by atoms with van der Waals surface area (Å²) in [4.78, 5) is 50.8. The SMILES string of the molecule is CC(C)CC(NC(=O)[C@H](CNC(O)c1cccc([N+](=O)[O-])c1)NC(=O)c1cccc(-c2ccccc2)c1)C(=O)C1(CO)CO1. The van der Waals surface area contributed by atoms with Crippen LogP contribution in [-0.4, -0.2) is 70.2 Å². The van der Waals surface area contributed by atoms with Gasteiger partial charge in [0.05, 0.1) is 24.2 Å². The molecule has 3 aromatic rings. The number of ketones is 1. The van der Waals surface area contributed by atoms with E-state index in [1.165, 1.54) is 24.3 Å². The van der Waals surface area contributed by atoms with E-state index in [1.807, 2.05) is 50.2 Å². The molecular formula is C32H36N4O8. The molecule has 2 amide bonds. The molecule has 12 nitrogen and oxygen atoms in total. The number of carbonyl (C=O) groups excluding carboxylic acids is 3. The summed E-state index contributed by atoms with van der Waals surface area (Å²) in [6.07, 6.45) is -1.15. The lowest BCUT2D eigenvalue weighted by Gasteiger charge is -2.26. The van der Waals surface area contributed by atoms with Gasteiger partial charge in [0.25, 0.3) is 11.6 Å². The van der Waals surface area contributed by atoms with Crippen LogP contribution in [0.5, 0.6) is 0 Å². The van der Waals surface area contributed by atoms with Crippen LogP contribution in [0, 0.1) is 16.0 Å². The van der Waals surface area contributed by atoms with E-state index < -0.39 is 53.0 Å². The molecular weight excluding hydrogens is 568 g/mol. The number of epoxide rings is 1. The van der Waals surface area contributed by atoms with Gasteiger partial charge in [-0.15, -0.1) is 0 Å². The van der Waals surface area contributed by atoms with E-state index >= 15 is 0 Å². The highest BCUT2D eigenvalue weighted by molar-refractivity contribution is 6.00. The minimum absolute atomic E-state index is 0.00123. The highest BCUT2D eigenvalue weighted by atomic mass is 16.6. The Hall–Kier alpha value is -4.49. The summed E-state index contributed by atoms with van der Waals surface area (Å²) in [7, 11) is 0. The van der Waals surface area contributed by atoms with Crippen molar-refractivity contribution in [1.82, 2.24) is 16.0 Å². The van der Waals surface area contributed by atoms with E-state index in [9.17, 15) is 34.7 Å². The van der Waals surface area contributed by atoms with Crippen molar-refractivity contribution in [2.24, 2.45) is 5.92 Å². The predicted octanol–water partition coefficient (Wildman–Crippen LogP) is 2.50. The predicted molar refractivity (Wildman–Crippen MR) is 161 cm³/mol. The lowest BCUT2D eigenvalue weighted by Crippen LogP contribution is -2.57. The molecule has 1 saturated heterocycles. The molecule has 0 saturated carbocycles. The second kappa shape index (κ2) is 14.3. The van der Waals surface area contributed by atoms with Crippen LogP contribution < -0.4 is 16.0 Å². The molecule has 4 atom stereocenters. The first-order valence-corrected chi connectivity index (χ1v) is 14.2. The Kier molecular flexibility index (Phi) is 10.6. The zero-order valence-electron chi connectivity index (χ0n) is 24.4. The first-order valence-electron chi connectivity index (χ1n) is 14.2. The van der Waals surface area contributed by atoms with Gasteiger partial charge in [-0.1, -0.05) is 68.4 Å². The third-order valence-electron chi connectivity index (χ3n) is 7.30. The van der Waals surface area contributed by atoms with Crippen LogP contribution in [0.15, 0.2) is 78.9 Å². The third-order valence-corrected chi connectivity index (χ3v) is 7.30. The Morgan fingerprint density at radius 2 is 1.64 bits per heavy atom. The van der Waals surface area contributed by atoms with Crippen molar-refractivity contribution < 1.29 is 34.3 Å². The number of amides is 2. The van der Waals surface area contributed by atoms with Gasteiger partial charge in [-0.05, 0) is 35.6 Å². The summed E-state index contributed by atoms with van der Waals surface area (Å²) < 4.78 is 5.22. The van der Waals surface area contributed by atoms with Crippen molar-refractivity contribution in [2.75, 3.05) is 19.8 Å². The molecule has 0 bridgehead atoms. The molecule has 1 aliphatic rings. The Bertz CT molecular complexity index is 1490. The maximum atomic E-state index is 13.6. The van der Waals surface area contributed by atoms with Gasteiger partial charge in [0.15, 0.2) is 11.4 Å². The van der Waals surface area contributed by atoms with E-state index in [0.29, 0.717) is 0 Å². The largest absolute Gasteiger partial charge is 0.393 e. The van der Waals surface area contributed by atoms with Gasteiger partial charge in [0.2, 0.25) is 5.91 Å². The fourth-order valence-corrected chi connectivity index (χ4v) is 4.77. The molecule has 0 aromatic heterocycles. The van der Waals surface area contributed by atoms with Gasteiger partial charge in [-0.2, -0.15) is 0 Å². The number of carbonyl (C=O) groups is 3. The molecule has 1 fully saturated rings. The van der Waals surface area contributed by atoms with Crippen LogP contribution in [-0.2, 0) is 14.3 Å². The number of hydrogen-bond acceptors (Lipinski definition) is 9. The zero-order chi connectivity index (χ0) is 31.9. The summed E-state index contributed by atoms with van der Waals surface area (Å²) in [5, 5.41) is 39.8. The molecule has 0 radical (unpaired) electrons. The van der Waals surface area contributed by atoms with E-state index in [-0.39, 0.29) is 42.3 Å². The normalized spacial score (nSPS) is 17.8. The molecule has 12 heteroatoms. The molecule has 1 aliphatic heterocycles. The van der Waals surface area contributed by atoms with E-state index in [1.54, 1.807) is 18.2 Å². The molecule has 3 unspecified atom stereocenters. The van der Waals surface area contributed by atoms with Gasteiger partial charge in [0.1, 0.15) is 12.3 Å². The maximum absolute atomic E-state index is 13.6. The fraction of sp³-hybridized carbons (Fsp3) is 0.344. The zero-order valence-corrected chi connectivity index (χ0v) is 24.4. The molecule has 1 heterocycles. The smallest absolute Gasteiger partial charge is 0.269 e. The van der Waals surface area contributed by atoms with Crippen LogP contribution in [0.3, 0.4) is 0 Å². The van der Waals surface area contributed by atoms with Crippen molar-refractivity contribution in [3.63, 3.8) is 0 Å². The summed E-state index contributed by atoms with van der Waals surface area (Å²) in [6, 6.07) is 19.4. The van der Waals surface area contributed by atoms with Crippen LogP contribution in [0.4, 0.5) is 5.69 Å². The maximum Gasteiger partial charge on any atom is 0.269 e. The van der Waals surface area contributed by atoms with Crippen LogP contribution in [0.1, 0.15) is 42.4 Å². The molecule has 0 aliphatic carbocycles. The minimum Gasteiger partial charge on any atom is -0.393 e. The molecule has 5 N–H and O–H groups in total. The number of aliphatic hydroxyl groups excluding tert-OH is 2. The Labute approximate surface area is 254 Å². The van der Waals surface area contributed by atoms with Gasteiger partial charge in [0, 0.05) is 29.8 Å². The summed E-state index contributed by atoms with van der Waals surface area (Å²) in [5.41, 5.74) is 0.570. The highest BCUT2D eigenvalue weighted by Crippen LogP contribution is 2.30. The Morgan fingerprint density at radius 1 is 0.955 bits per heavy atom. The van der Waals surface area contributed by atoms with Crippen LogP contribution in [0.25, 0.3) is 11.1 Å². The molecule has 0 spiro atoms. The number of nitro benzene ring substituents is 1. The molecule has 4 rings (SSSR count). The quantitative estimate of drug-likeness (QED) is 0.0753. The van der Waals surface area contributed by atoms with E-state index in [0.717, 1.165) is 11.1 Å². The van der Waals surface area contributed by atoms with Crippen molar-refractivity contribution in [3.8, 4) is 11.1 Å². The van der Waals surface area contributed by atoms with Gasteiger partial charge < -0.3 is 25.6 Å². The Morgan fingerprint density at radius 3 is 2.27 bits per heavy atom. The van der Waals surface area contributed by atoms with Gasteiger partial charge in [-0.3, -0.25) is 29.8 Å². The van der Waals surface area contributed by atoms with Crippen LogP contribution in [0.2, 0.25) is 0 Å². The Balaban J connectivity index is 1.55. The fourth-order valence-electron chi connectivity index (χ4n) is 4.77. The number of Topliss-reactive ketones (excluding diaryl/α,β-unsaturated/α-hetero) is 1. The van der Waals surface area contributed by atoms with E-state index in [2.05, 4.69) is 16.0 Å². The second-order valence-electron chi connectivity index (χ2n) is 11.1. The third kappa shape index (κ3) is 8.11. The van der Waals surface area contributed by atoms with Gasteiger partial charge in [-0.25, -0.2) is 0 Å². The molecule has 3 aromatic carbocycles. The number of rotatable bonds is 15. The summed E-state index contributed by atoms with van der Waals surface area (Å²) in [5.74, 6) is -1.74. The highest BCUT2D eigenvalue weighted by Gasteiger charge is 2.54. The van der Waals surface area contributed by atoms with Crippen molar-refractivity contribution in [3.05, 3.63) is 100 Å². The summed E-state index contributed by atoms with van der Waals surface area (Å²) in [6.45, 7) is 2.99. The minimum atomic E-state index is -1.41. The molecule has 44 heavy (non-hydrogen) atoms. The van der Waals surface area contributed by atoms with Crippen LogP contribution >= 0.6 is 0 Å². The number of benzene rings is 3. The summed E-state index contributed by atoms with van der Waals surface area (Å²) >= 11 is 0. The van der Waals surface area contributed by atoms with Crippen molar-refractivity contribution >= 4 is 23.3 Å². The number of nitro groups is 1. The number of nitrogens with zero attached hydrogens (tertiary/aromatic N) is 1. The molecule has 232 valence electrons. The first kappa shape index (κ1) is 32.4. The number of hydrogen-bond donors (Lipinski definition) is 5. The lowest BCUT2D eigenvalue weighted by molar-refractivity contribution is -0.385. The first-order chi connectivity index (χ1) is 21.0. The second-order valence-corrected chi connectivity index (χ2v) is 11.1. The van der Waals surface area contributed by atoms with Gasteiger partial charge >= 0.3 is 0 Å². The number of nitrogens with one attached hydrogen (secondary N) is 3. The lowest BCUT2D eigenvalue weighted by atomic mass is 9.92. The number of ether oxygens (including phenoxy) is 1. The monoisotopic (exact) mass is 604 g/mol.